The van der Waals surface area contributed by atoms with E-state index in [1.807, 2.05) is 4.90 Å². The summed E-state index contributed by atoms with van der Waals surface area (Å²) in [7, 11) is 0. The van der Waals surface area contributed by atoms with Crippen molar-refractivity contribution in [3.8, 4) is 0 Å². The number of carbonyl (C=O) groups is 2. The van der Waals surface area contributed by atoms with Gasteiger partial charge in [0.1, 0.15) is 5.82 Å². The lowest BCUT2D eigenvalue weighted by Crippen LogP contribution is -3.15. The second-order valence-electron chi connectivity index (χ2n) is 9.09. The lowest BCUT2D eigenvalue weighted by Gasteiger charge is -2.32. The van der Waals surface area contributed by atoms with Crippen LogP contribution in [0.5, 0.6) is 0 Å². The first-order chi connectivity index (χ1) is 15.1. The Morgan fingerprint density at radius 1 is 1.10 bits per heavy atom. The summed E-state index contributed by atoms with van der Waals surface area (Å²) in [4.78, 5) is 45.8. The van der Waals surface area contributed by atoms with Gasteiger partial charge in [0.2, 0.25) is 0 Å². The van der Waals surface area contributed by atoms with Crippen molar-refractivity contribution in [2.45, 2.75) is 51.1 Å². The van der Waals surface area contributed by atoms with E-state index < -0.39 is 0 Å². The molecule has 0 radical (unpaired) electrons. The summed E-state index contributed by atoms with van der Waals surface area (Å²) in [5.74, 6) is 0.921. The van der Waals surface area contributed by atoms with Crippen molar-refractivity contribution in [1.82, 2.24) is 19.8 Å². The predicted molar refractivity (Wildman–Crippen MR) is 116 cm³/mol. The standard InChI is InChI=1S/C23H29N5O3/c29-21(24-17-6-7-17)15-26-10-12-27(13-11-26)22(30)16-5-8-18-19(14-16)25-20-4-2-1-3-9-28(20)23(18)31/h5,8,14,17H,1-4,6-7,9-13,15H2,(H,24,29)/p+1. The first-order valence-electron chi connectivity index (χ1n) is 11.5. The molecule has 0 spiro atoms. The summed E-state index contributed by atoms with van der Waals surface area (Å²) < 4.78 is 1.80. The Balaban J connectivity index is 1.27. The van der Waals surface area contributed by atoms with Crippen molar-refractivity contribution in [2.24, 2.45) is 0 Å². The van der Waals surface area contributed by atoms with Crippen molar-refractivity contribution in [3.05, 3.63) is 39.9 Å². The second-order valence-corrected chi connectivity index (χ2v) is 9.09. The van der Waals surface area contributed by atoms with Crippen molar-refractivity contribution in [2.75, 3.05) is 32.7 Å². The number of hydrogen-bond acceptors (Lipinski definition) is 4. The molecule has 8 heteroatoms. The van der Waals surface area contributed by atoms with E-state index in [1.165, 1.54) is 4.90 Å². The molecule has 0 unspecified atom stereocenters. The quantitative estimate of drug-likeness (QED) is 0.708. The van der Waals surface area contributed by atoms with Crippen molar-refractivity contribution in [1.29, 1.82) is 0 Å². The molecule has 2 aromatic rings. The Kier molecular flexibility index (Phi) is 5.48. The van der Waals surface area contributed by atoms with Crippen LogP contribution in [0, 0.1) is 0 Å². The van der Waals surface area contributed by atoms with E-state index in [4.69, 9.17) is 4.98 Å². The van der Waals surface area contributed by atoms with Gasteiger partial charge in [-0.1, -0.05) is 6.42 Å². The van der Waals surface area contributed by atoms with Crippen LogP contribution in [0.4, 0.5) is 0 Å². The fraction of sp³-hybridized carbons (Fsp3) is 0.565. The lowest BCUT2D eigenvalue weighted by molar-refractivity contribution is -0.896. The van der Waals surface area contributed by atoms with Crippen LogP contribution < -0.4 is 15.8 Å². The van der Waals surface area contributed by atoms with E-state index in [-0.39, 0.29) is 17.4 Å². The molecule has 2 N–H and O–H groups in total. The van der Waals surface area contributed by atoms with Gasteiger partial charge in [0.05, 0.1) is 37.1 Å². The van der Waals surface area contributed by atoms with E-state index in [0.717, 1.165) is 64.0 Å². The molecule has 1 aliphatic carbocycles. The molecule has 3 heterocycles. The number of piperazine rings is 1. The zero-order chi connectivity index (χ0) is 21.4. The number of nitrogens with zero attached hydrogens (tertiary/aromatic N) is 3. The van der Waals surface area contributed by atoms with Gasteiger partial charge in [-0.25, -0.2) is 4.98 Å². The van der Waals surface area contributed by atoms with Crippen LogP contribution in [0.25, 0.3) is 10.9 Å². The Morgan fingerprint density at radius 2 is 1.90 bits per heavy atom. The average molecular weight is 425 g/mol. The maximum atomic E-state index is 13.1. The highest BCUT2D eigenvalue weighted by Crippen LogP contribution is 2.18. The predicted octanol–water partition coefficient (Wildman–Crippen LogP) is -0.258. The molecule has 0 atom stereocenters. The highest BCUT2D eigenvalue weighted by atomic mass is 16.2. The number of aromatic nitrogens is 2. The lowest BCUT2D eigenvalue weighted by atomic mass is 10.1. The number of nitrogens with one attached hydrogen (secondary N) is 2. The van der Waals surface area contributed by atoms with Gasteiger partial charge in [0, 0.05) is 24.6 Å². The van der Waals surface area contributed by atoms with E-state index >= 15 is 0 Å². The molecule has 2 fully saturated rings. The number of aryl methyl sites for hydroxylation is 1. The molecule has 1 aromatic carbocycles. The number of quaternary nitrogens is 1. The van der Waals surface area contributed by atoms with Crippen molar-refractivity contribution in [3.63, 3.8) is 0 Å². The summed E-state index contributed by atoms with van der Waals surface area (Å²) in [5.41, 5.74) is 1.19. The van der Waals surface area contributed by atoms with Crippen molar-refractivity contribution >= 4 is 22.7 Å². The van der Waals surface area contributed by atoms with Gasteiger partial charge in [0.15, 0.2) is 6.54 Å². The number of fused-ring (bicyclic) bond motifs is 2. The number of rotatable bonds is 4. The molecule has 5 rings (SSSR count). The van der Waals surface area contributed by atoms with E-state index in [9.17, 15) is 14.4 Å². The fourth-order valence-electron chi connectivity index (χ4n) is 4.67. The van der Waals surface area contributed by atoms with Gasteiger partial charge in [-0.05, 0) is 43.9 Å². The van der Waals surface area contributed by atoms with Gasteiger partial charge in [-0.2, -0.15) is 0 Å². The molecular weight excluding hydrogens is 394 g/mol. The van der Waals surface area contributed by atoms with Crippen LogP contribution in [-0.2, 0) is 17.8 Å². The summed E-state index contributed by atoms with van der Waals surface area (Å²) in [6, 6.07) is 5.66. The molecule has 1 saturated carbocycles. The van der Waals surface area contributed by atoms with E-state index in [1.54, 1.807) is 22.8 Å². The minimum absolute atomic E-state index is 0.00240. The van der Waals surface area contributed by atoms with Gasteiger partial charge < -0.3 is 15.1 Å². The van der Waals surface area contributed by atoms with Crippen LogP contribution >= 0.6 is 0 Å². The summed E-state index contributed by atoms with van der Waals surface area (Å²) in [6.45, 7) is 4.00. The zero-order valence-electron chi connectivity index (χ0n) is 17.9. The fourth-order valence-corrected chi connectivity index (χ4v) is 4.67. The van der Waals surface area contributed by atoms with Crippen LogP contribution in [-0.4, -0.2) is 65.0 Å². The Labute approximate surface area is 181 Å². The molecule has 1 saturated heterocycles. The highest BCUT2D eigenvalue weighted by molar-refractivity contribution is 5.97. The average Bonchev–Trinajstić information content (AvgIpc) is 3.60. The minimum Gasteiger partial charge on any atom is -0.348 e. The third-order valence-corrected chi connectivity index (χ3v) is 6.67. The molecule has 3 aliphatic rings. The molecular formula is C23H30N5O3+. The summed E-state index contributed by atoms with van der Waals surface area (Å²) >= 11 is 0. The van der Waals surface area contributed by atoms with Gasteiger partial charge in [0.25, 0.3) is 17.4 Å². The van der Waals surface area contributed by atoms with E-state index in [0.29, 0.717) is 42.1 Å². The first kappa shape index (κ1) is 20.2. The number of hydrogen-bond donors (Lipinski definition) is 2. The van der Waals surface area contributed by atoms with Gasteiger partial charge in [-0.3, -0.25) is 19.0 Å². The van der Waals surface area contributed by atoms with E-state index in [2.05, 4.69) is 5.32 Å². The van der Waals surface area contributed by atoms with Crippen LogP contribution in [0.1, 0.15) is 48.3 Å². The molecule has 164 valence electrons. The molecule has 2 aliphatic heterocycles. The molecule has 31 heavy (non-hydrogen) atoms. The maximum Gasteiger partial charge on any atom is 0.275 e. The van der Waals surface area contributed by atoms with Crippen molar-refractivity contribution < 1.29 is 14.5 Å². The zero-order valence-corrected chi connectivity index (χ0v) is 17.9. The summed E-state index contributed by atoms with van der Waals surface area (Å²) in [5, 5.41) is 3.62. The molecule has 1 aromatic heterocycles. The largest absolute Gasteiger partial charge is 0.348 e. The smallest absolute Gasteiger partial charge is 0.275 e. The Bertz CT molecular complexity index is 1070. The SMILES string of the molecule is O=C(C[NH+]1CCN(C(=O)c2ccc3c(=O)n4c(nc3c2)CCCCC4)CC1)NC1CC1. The minimum atomic E-state index is -0.0276. The second kappa shape index (κ2) is 8.42. The van der Waals surface area contributed by atoms with Crippen LogP contribution in [0.2, 0.25) is 0 Å². The molecule has 0 bridgehead atoms. The number of carbonyl (C=O) groups excluding carboxylic acids is 2. The Morgan fingerprint density at radius 3 is 2.68 bits per heavy atom. The summed E-state index contributed by atoms with van der Waals surface area (Å²) in [6.07, 6.45) is 6.16. The molecule has 8 nitrogen and oxygen atoms in total. The third-order valence-electron chi connectivity index (χ3n) is 6.67. The van der Waals surface area contributed by atoms with Crippen LogP contribution in [0.3, 0.4) is 0 Å². The van der Waals surface area contributed by atoms with Gasteiger partial charge >= 0.3 is 0 Å². The number of benzene rings is 1. The molecule has 2 amide bonds. The van der Waals surface area contributed by atoms with Gasteiger partial charge in [-0.15, -0.1) is 0 Å². The Hall–Kier alpha value is -2.74. The number of amides is 2. The third kappa shape index (κ3) is 4.35. The topological polar surface area (TPSA) is 88.7 Å². The van der Waals surface area contributed by atoms with Crippen LogP contribution in [0.15, 0.2) is 23.0 Å². The highest BCUT2D eigenvalue weighted by Gasteiger charge is 2.29. The monoisotopic (exact) mass is 424 g/mol. The first-order valence-corrected chi connectivity index (χ1v) is 11.5. The maximum absolute atomic E-state index is 13.1. The normalized spacial score (nSPS) is 19.7.